The first-order valence-electron chi connectivity index (χ1n) is 12.3. The van der Waals surface area contributed by atoms with Crippen LogP contribution in [0.5, 0.6) is 0 Å². The fourth-order valence-electron chi connectivity index (χ4n) is 4.50. The highest BCUT2D eigenvalue weighted by Gasteiger charge is 2.45. The number of anilines is 5. The first-order valence-corrected chi connectivity index (χ1v) is 14.2. The molecular weight excluding hydrogens is 561 g/mol. The van der Waals surface area contributed by atoms with Crippen LogP contribution >= 0.6 is 0 Å². The minimum atomic E-state index is -4.60. The lowest BCUT2D eigenvalue weighted by atomic mass is 10.1. The van der Waals surface area contributed by atoms with Gasteiger partial charge in [-0.3, -0.25) is 5.10 Å². The van der Waals surface area contributed by atoms with E-state index < -0.39 is 50.9 Å². The highest BCUT2D eigenvalue weighted by Crippen LogP contribution is 2.48. The van der Waals surface area contributed by atoms with Gasteiger partial charge in [0.1, 0.15) is 17.3 Å². The molecule has 2 fully saturated rings. The van der Waals surface area contributed by atoms with Gasteiger partial charge < -0.3 is 19.9 Å². The number of aromatic amines is 1. The number of sulfone groups is 1. The Hall–Kier alpha value is -3.53. The molecule has 1 saturated heterocycles. The molecule has 1 atom stereocenters. The number of nitrogens with one attached hydrogen (secondary N) is 2. The summed E-state index contributed by atoms with van der Waals surface area (Å²) in [6, 6.07) is 3.07. The fraction of sp³-hybridized carbons (Fsp3) is 0.458. The van der Waals surface area contributed by atoms with E-state index >= 15 is 8.78 Å². The highest BCUT2D eigenvalue weighted by atomic mass is 32.2. The molecule has 1 aromatic carbocycles. The molecular formula is C24H26F5N7O3S. The summed E-state index contributed by atoms with van der Waals surface area (Å²) in [5.74, 6) is -1.85. The second-order valence-electron chi connectivity index (χ2n) is 9.86. The van der Waals surface area contributed by atoms with E-state index in [4.69, 9.17) is 4.74 Å². The molecule has 16 heteroatoms. The number of benzene rings is 1. The van der Waals surface area contributed by atoms with Crippen molar-refractivity contribution in [1.82, 2.24) is 20.2 Å². The van der Waals surface area contributed by atoms with Gasteiger partial charge in [0.25, 0.3) is 0 Å². The molecule has 0 unspecified atom stereocenters. The van der Waals surface area contributed by atoms with Crippen LogP contribution in [0.2, 0.25) is 0 Å². The SMILES string of the molecule is Cc1cc(Nc2nc(N(C)c3c(F)cc(S(C)(=O)=O)cc3F)nc(N3CCO[C@H](C(F)(F)F)C3)c2C2CC2)n[nH]1. The summed E-state index contributed by atoms with van der Waals surface area (Å²) in [5, 5.41) is 10.00. The van der Waals surface area contributed by atoms with Crippen molar-refractivity contribution in [2.24, 2.45) is 0 Å². The first kappa shape index (κ1) is 28.0. The lowest BCUT2D eigenvalue weighted by Crippen LogP contribution is -2.49. The summed E-state index contributed by atoms with van der Waals surface area (Å²) in [5.41, 5.74) is 0.668. The van der Waals surface area contributed by atoms with Gasteiger partial charge in [-0.15, -0.1) is 0 Å². The topological polar surface area (TPSA) is 116 Å². The number of H-pyrrole nitrogens is 1. The standard InChI is InChI=1S/C24H26F5N7O3S/c1-12-8-18(34-33-12)30-21-19(13-4-5-13)22(36-6-7-39-17(11-36)24(27,28)29)32-23(31-21)35(2)20-15(25)9-14(10-16(20)26)40(3,37)38/h8-10,13,17H,4-7,11H2,1-3H3,(H2,30,31,32,33,34)/t17-/m0/s1. The number of halogens is 5. The molecule has 2 N–H and O–H groups in total. The van der Waals surface area contributed by atoms with Crippen molar-refractivity contribution in [2.75, 3.05) is 48.1 Å². The Morgan fingerprint density at radius 3 is 2.38 bits per heavy atom. The number of hydrogen-bond acceptors (Lipinski definition) is 9. The van der Waals surface area contributed by atoms with E-state index in [0.29, 0.717) is 23.5 Å². The quantitative estimate of drug-likeness (QED) is 0.390. The van der Waals surface area contributed by atoms with Crippen LogP contribution in [0.25, 0.3) is 0 Å². The molecule has 5 rings (SSSR count). The van der Waals surface area contributed by atoms with Gasteiger partial charge in [0.2, 0.25) is 5.95 Å². The van der Waals surface area contributed by atoms with Crippen molar-refractivity contribution in [2.45, 2.75) is 42.9 Å². The minimum absolute atomic E-state index is 0.0495. The number of aromatic nitrogens is 4. The Morgan fingerprint density at radius 1 is 1.15 bits per heavy atom. The molecule has 1 saturated carbocycles. The molecule has 40 heavy (non-hydrogen) atoms. The third kappa shape index (κ3) is 5.68. The van der Waals surface area contributed by atoms with Crippen molar-refractivity contribution >= 4 is 38.9 Å². The summed E-state index contributed by atoms with van der Waals surface area (Å²) in [6.45, 7) is 1.14. The molecule has 0 radical (unpaired) electrons. The van der Waals surface area contributed by atoms with Crippen molar-refractivity contribution in [3.8, 4) is 0 Å². The van der Waals surface area contributed by atoms with E-state index in [-0.39, 0.29) is 36.7 Å². The summed E-state index contributed by atoms with van der Waals surface area (Å²) >= 11 is 0. The Bertz CT molecular complexity index is 1520. The van der Waals surface area contributed by atoms with Gasteiger partial charge in [0.05, 0.1) is 18.0 Å². The van der Waals surface area contributed by atoms with Gasteiger partial charge in [-0.1, -0.05) is 0 Å². The van der Waals surface area contributed by atoms with Crippen LogP contribution < -0.4 is 15.1 Å². The third-order valence-corrected chi connectivity index (χ3v) is 7.73. The molecule has 10 nitrogen and oxygen atoms in total. The van der Waals surface area contributed by atoms with Crippen LogP contribution in [0.4, 0.5) is 51.0 Å². The predicted octanol–water partition coefficient (Wildman–Crippen LogP) is 4.35. The van der Waals surface area contributed by atoms with Gasteiger partial charge >= 0.3 is 6.18 Å². The van der Waals surface area contributed by atoms with E-state index in [0.717, 1.165) is 29.7 Å². The Labute approximate surface area is 226 Å². The van der Waals surface area contributed by atoms with Crippen molar-refractivity contribution in [3.63, 3.8) is 0 Å². The Kier molecular flexibility index (Phi) is 7.10. The van der Waals surface area contributed by atoms with E-state index in [1.807, 2.05) is 0 Å². The number of ether oxygens (including phenoxy) is 1. The van der Waals surface area contributed by atoms with Crippen LogP contribution in [-0.2, 0) is 14.6 Å². The minimum Gasteiger partial charge on any atom is -0.365 e. The maximum atomic E-state index is 15.1. The van der Waals surface area contributed by atoms with Crippen LogP contribution in [0.3, 0.4) is 0 Å². The number of nitrogens with zero attached hydrogens (tertiary/aromatic N) is 5. The molecule has 3 heterocycles. The zero-order valence-corrected chi connectivity index (χ0v) is 22.5. The van der Waals surface area contributed by atoms with Crippen LogP contribution in [-0.4, -0.2) is 73.9 Å². The maximum absolute atomic E-state index is 15.1. The molecule has 1 aliphatic heterocycles. The lowest BCUT2D eigenvalue weighted by Gasteiger charge is -2.36. The zero-order chi connectivity index (χ0) is 29.0. The first-order chi connectivity index (χ1) is 18.7. The van der Waals surface area contributed by atoms with Crippen molar-refractivity contribution in [3.05, 3.63) is 41.1 Å². The van der Waals surface area contributed by atoms with Gasteiger partial charge in [-0.25, -0.2) is 17.2 Å². The second-order valence-corrected chi connectivity index (χ2v) is 11.9. The number of morpholine rings is 1. The Balaban J connectivity index is 1.64. The average Bonchev–Trinajstić information content (AvgIpc) is 3.62. The summed E-state index contributed by atoms with van der Waals surface area (Å²) in [6.07, 6.45) is -4.33. The predicted molar refractivity (Wildman–Crippen MR) is 136 cm³/mol. The molecule has 0 bridgehead atoms. The maximum Gasteiger partial charge on any atom is 0.416 e. The summed E-state index contributed by atoms with van der Waals surface area (Å²) in [4.78, 5) is 10.9. The van der Waals surface area contributed by atoms with E-state index in [1.54, 1.807) is 13.0 Å². The number of hydrogen-bond donors (Lipinski definition) is 2. The van der Waals surface area contributed by atoms with Crippen molar-refractivity contribution < 1.29 is 35.1 Å². The lowest BCUT2D eigenvalue weighted by molar-refractivity contribution is -0.221. The monoisotopic (exact) mass is 587 g/mol. The molecule has 216 valence electrons. The number of alkyl halides is 3. The normalized spacial score (nSPS) is 18.2. The molecule has 0 spiro atoms. The van der Waals surface area contributed by atoms with Crippen LogP contribution in [0, 0.1) is 18.6 Å². The van der Waals surface area contributed by atoms with Gasteiger partial charge in [0.15, 0.2) is 33.4 Å². The summed E-state index contributed by atoms with van der Waals surface area (Å²) < 4.78 is 99.5. The van der Waals surface area contributed by atoms with Crippen LogP contribution in [0.15, 0.2) is 23.1 Å². The Morgan fingerprint density at radius 2 is 1.82 bits per heavy atom. The summed E-state index contributed by atoms with van der Waals surface area (Å²) in [7, 11) is -2.63. The molecule has 2 aliphatic rings. The van der Waals surface area contributed by atoms with Crippen LogP contribution in [0.1, 0.15) is 30.0 Å². The second kappa shape index (κ2) is 10.1. The van der Waals surface area contributed by atoms with E-state index in [9.17, 15) is 21.6 Å². The largest absolute Gasteiger partial charge is 0.416 e. The smallest absolute Gasteiger partial charge is 0.365 e. The van der Waals surface area contributed by atoms with E-state index in [1.165, 1.54) is 11.9 Å². The number of aryl methyl sites for hydroxylation is 1. The average molecular weight is 588 g/mol. The van der Waals surface area contributed by atoms with E-state index in [2.05, 4.69) is 25.5 Å². The molecule has 3 aromatic rings. The van der Waals surface area contributed by atoms with Crippen molar-refractivity contribution in [1.29, 1.82) is 0 Å². The highest BCUT2D eigenvalue weighted by molar-refractivity contribution is 7.90. The molecule has 1 aliphatic carbocycles. The van der Waals surface area contributed by atoms with Gasteiger partial charge in [-0.2, -0.15) is 28.2 Å². The third-order valence-electron chi connectivity index (χ3n) is 6.64. The molecule has 0 amide bonds. The van der Waals surface area contributed by atoms with Gasteiger partial charge in [0, 0.05) is 37.2 Å². The number of rotatable bonds is 7. The van der Waals surface area contributed by atoms with Gasteiger partial charge in [-0.05, 0) is 37.8 Å². The zero-order valence-electron chi connectivity index (χ0n) is 21.7. The molecule has 2 aromatic heterocycles. The fourth-order valence-corrected chi connectivity index (χ4v) is 5.14.